The molecule has 0 radical (unpaired) electrons. The SMILES string of the molecule is O=C(NCCNC(=O)c1ccco1)c1ccc(NC(=O)c2ccc(F)cc2F)cc1. The van der Waals surface area contributed by atoms with Gasteiger partial charge in [0.25, 0.3) is 17.7 Å². The van der Waals surface area contributed by atoms with E-state index >= 15 is 0 Å². The van der Waals surface area contributed by atoms with Crippen molar-refractivity contribution in [2.45, 2.75) is 0 Å². The molecule has 154 valence electrons. The zero-order valence-corrected chi connectivity index (χ0v) is 15.6. The number of carbonyl (C=O) groups is 3. The van der Waals surface area contributed by atoms with Crippen molar-refractivity contribution in [2.24, 2.45) is 0 Å². The summed E-state index contributed by atoms with van der Waals surface area (Å²) in [5.41, 5.74) is 0.374. The van der Waals surface area contributed by atoms with E-state index in [1.165, 1.54) is 36.6 Å². The van der Waals surface area contributed by atoms with Crippen molar-refractivity contribution in [2.75, 3.05) is 18.4 Å². The zero-order valence-electron chi connectivity index (χ0n) is 15.6. The summed E-state index contributed by atoms with van der Waals surface area (Å²) < 4.78 is 31.6. The lowest BCUT2D eigenvalue weighted by atomic mass is 10.1. The van der Waals surface area contributed by atoms with E-state index in [2.05, 4.69) is 16.0 Å². The number of hydrogen-bond acceptors (Lipinski definition) is 4. The third-order valence-corrected chi connectivity index (χ3v) is 4.02. The van der Waals surface area contributed by atoms with Gasteiger partial charge < -0.3 is 20.4 Å². The normalized spacial score (nSPS) is 10.3. The maximum absolute atomic E-state index is 13.7. The molecule has 3 N–H and O–H groups in total. The molecule has 0 saturated carbocycles. The molecular formula is C21H17F2N3O4. The second-order valence-electron chi connectivity index (χ2n) is 6.14. The van der Waals surface area contributed by atoms with Crippen LogP contribution in [0.2, 0.25) is 0 Å². The van der Waals surface area contributed by atoms with Crippen LogP contribution in [0.5, 0.6) is 0 Å². The van der Waals surface area contributed by atoms with Crippen molar-refractivity contribution in [3.8, 4) is 0 Å². The molecule has 3 amide bonds. The van der Waals surface area contributed by atoms with Gasteiger partial charge in [-0.15, -0.1) is 0 Å². The summed E-state index contributed by atoms with van der Waals surface area (Å²) in [7, 11) is 0. The van der Waals surface area contributed by atoms with Crippen LogP contribution >= 0.6 is 0 Å². The van der Waals surface area contributed by atoms with Gasteiger partial charge in [0.15, 0.2) is 5.76 Å². The Balaban J connectivity index is 1.48. The van der Waals surface area contributed by atoms with E-state index in [1.807, 2.05) is 0 Å². The standard InChI is InChI=1S/C21H17F2N3O4/c22-14-5-8-16(17(23)12-14)20(28)26-15-6-3-13(4-7-15)19(27)24-9-10-25-21(29)18-2-1-11-30-18/h1-8,11-12H,9-10H2,(H,24,27)(H,25,29)(H,26,28). The fourth-order valence-electron chi connectivity index (χ4n) is 2.53. The second-order valence-corrected chi connectivity index (χ2v) is 6.14. The van der Waals surface area contributed by atoms with Gasteiger partial charge in [0.1, 0.15) is 11.6 Å². The van der Waals surface area contributed by atoms with E-state index in [9.17, 15) is 23.2 Å². The Bertz CT molecular complexity index is 1050. The van der Waals surface area contributed by atoms with Crippen LogP contribution in [-0.4, -0.2) is 30.8 Å². The molecule has 0 aliphatic rings. The topological polar surface area (TPSA) is 100 Å². The van der Waals surface area contributed by atoms with Crippen LogP contribution in [0.25, 0.3) is 0 Å². The van der Waals surface area contributed by atoms with Gasteiger partial charge in [-0.2, -0.15) is 0 Å². The summed E-state index contributed by atoms with van der Waals surface area (Å²) in [6.07, 6.45) is 1.39. The molecule has 1 heterocycles. The third-order valence-electron chi connectivity index (χ3n) is 4.02. The van der Waals surface area contributed by atoms with Crippen LogP contribution in [-0.2, 0) is 0 Å². The number of hydrogen-bond donors (Lipinski definition) is 3. The first-order valence-corrected chi connectivity index (χ1v) is 8.90. The van der Waals surface area contributed by atoms with Crippen molar-refractivity contribution >= 4 is 23.4 Å². The monoisotopic (exact) mass is 413 g/mol. The van der Waals surface area contributed by atoms with Crippen LogP contribution in [0.4, 0.5) is 14.5 Å². The van der Waals surface area contributed by atoms with Gasteiger partial charge in [0.2, 0.25) is 0 Å². The third kappa shape index (κ3) is 5.28. The van der Waals surface area contributed by atoms with E-state index in [0.717, 1.165) is 12.1 Å². The van der Waals surface area contributed by atoms with E-state index in [4.69, 9.17) is 4.42 Å². The Morgan fingerprint density at radius 1 is 0.833 bits per heavy atom. The minimum absolute atomic E-state index is 0.180. The quantitative estimate of drug-likeness (QED) is 0.519. The highest BCUT2D eigenvalue weighted by Gasteiger charge is 2.13. The number of benzene rings is 2. The minimum atomic E-state index is -0.970. The van der Waals surface area contributed by atoms with Gasteiger partial charge in [-0.25, -0.2) is 8.78 Å². The van der Waals surface area contributed by atoms with Crippen LogP contribution in [0.15, 0.2) is 65.3 Å². The predicted octanol–water partition coefficient (Wildman–Crippen LogP) is 2.97. The molecule has 3 aromatic rings. The van der Waals surface area contributed by atoms with Crippen LogP contribution in [0.3, 0.4) is 0 Å². The van der Waals surface area contributed by atoms with E-state index in [0.29, 0.717) is 17.3 Å². The highest BCUT2D eigenvalue weighted by atomic mass is 19.1. The number of carbonyl (C=O) groups excluding carboxylic acids is 3. The highest BCUT2D eigenvalue weighted by molar-refractivity contribution is 6.04. The van der Waals surface area contributed by atoms with Crippen molar-refractivity contribution in [1.29, 1.82) is 0 Å². The maximum atomic E-state index is 13.7. The minimum Gasteiger partial charge on any atom is -0.459 e. The van der Waals surface area contributed by atoms with Gasteiger partial charge in [0, 0.05) is 30.4 Å². The van der Waals surface area contributed by atoms with Crippen molar-refractivity contribution in [3.63, 3.8) is 0 Å². The van der Waals surface area contributed by atoms with E-state index in [1.54, 1.807) is 6.07 Å². The molecule has 0 saturated heterocycles. The average molecular weight is 413 g/mol. The molecule has 7 nitrogen and oxygen atoms in total. The number of rotatable bonds is 7. The van der Waals surface area contributed by atoms with Crippen molar-refractivity contribution in [1.82, 2.24) is 10.6 Å². The van der Waals surface area contributed by atoms with Crippen LogP contribution < -0.4 is 16.0 Å². The van der Waals surface area contributed by atoms with Crippen molar-refractivity contribution < 1.29 is 27.6 Å². The number of amides is 3. The molecule has 0 atom stereocenters. The first-order valence-electron chi connectivity index (χ1n) is 8.90. The summed E-state index contributed by atoms with van der Waals surface area (Å²) in [6.45, 7) is 0.413. The van der Waals surface area contributed by atoms with Gasteiger partial charge in [-0.1, -0.05) is 0 Å². The number of anilines is 1. The molecule has 30 heavy (non-hydrogen) atoms. The van der Waals surface area contributed by atoms with E-state index in [-0.39, 0.29) is 36.2 Å². The summed E-state index contributed by atoms with van der Waals surface area (Å²) in [4.78, 5) is 35.9. The Morgan fingerprint density at radius 3 is 2.17 bits per heavy atom. The number of furan rings is 1. The Morgan fingerprint density at radius 2 is 1.53 bits per heavy atom. The maximum Gasteiger partial charge on any atom is 0.287 e. The van der Waals surface area contributed by atoms with E-state index < -0.39 is 17.5 Å². The Labute approximate surface area is 170 Å². The van der Waals surface area contributed by atoms with Gasteiger partial charge in [-0.3, -0.25) is 14.4 Å². The summed E-state index contributed by atoms with van der Waals surface area (Å²) >= 11 is 0. The predicted molar refractivity (Wildman–Crippen MR) is 104 cm³/mol. The molecule has 2 aromatic carbocycles. The van der Waals surface area contributed by atoms with Gasteiger partial charge in [-0.05, 0) is 48.5 Å². The fourth-order valence-corrected chi connectivity index (χ4v) is 2.53. The summed E-state index contributed by atoms with van der Waals surface area (Å²) in [6, 6.07) is 11.7. The molecule has 1 aromatic heterocycles. The largest absolute Gasteiger partial charge is 0.459 e. The molecule has 0 bridgehead atoms. The molecule has 0 unspecified atom stereocenters. The molecular weight excluding hydrogens is 396 g/mol. The molecule has 3 rings (SSSR count). The zero-order chi connectivity index (χ0) is 21.5. The molecule has 0 aliphatic heterocycles. The first-order chi connectivity index (χ1) is 14.4. The number of halogens is 2. The van der Waals surface area contributed by atoms with Crippen LogP contribution in [0, 0.1) is 11.6 Å². The summed E-state index contributed by atoms with van der Waals surface area (Å²) in [5.74, 6) is -3.06. The van der Waals surface area contributed by atoms with Gasteiger partial charge >= 0.3 is 0 Å². The lowest BCUT2D eigenvalue weighted by molar-refractivity contribution is 0.0910. The average Bonchev–Trinajstić information content (AvgIpc) is 3.26. The van der Waals surface area contributed by atoms with Crippen LogP contribution in [0.1, 0.15) is 31.3 Å². The molecule has 0 spiro atoms. The van der Waals surface area contributed by atoms with Crippen molar-refractivity contribution in [3.05, 3.63) is 89.4 Å². The smallest absolute Gasteiger partial charge is 0.287 e. The lowest BCUT2D eigenvalue weighted by Gasteiger charge is -2.08. The second kappa shape index (κ2) is 9.46. The number of nitrogens with one attached hydrogen (secondary N) is 3. The highest BCUT2D eigenvalue weighted by Crippen LogP contribution is 2.14. The van der Waals surface area contributed by atoms with Gasteiger partial charge in [0.05, 0.1) is 11.8 Å². The summed E-state index contributed by atoms with van der Waals surface area (Å²) in [5, 5.41) is 7.71. The molecule has 0 aliphatic carbocycles. The Hall–Kier alpha value is -4.01. The molecule has 0 fully saturated rings. The first kappa shape index (κ1) is 20.7. The fraction of sp³-hybridized carbons (Fsp3) is 0.0952. The lowest BCUT2D eigenvalue weighted by Crippen LogP contribution is -2.34. The Kier molecular flexibility index (Phi) is 6.53. The molecule has 9 heteroatoms.